The summed E-state index contributed by atoms with van der Waals surface area (Å²) in [6.07, 6.45) is 2.31. The van der Waals surface area contributed by atoms with Crippen molar-refractivity contribution in [2.75, 3.05) is 0 Å². The molecule has 1 aliphatic rings. The van der Waals surface area contributed by atoms with Crippen LogP contribution in [0, 0.1) is 5.92 Å². The Labute approximate surface area is 126 Å². The molecule has 106 valence electrons. The SMILES string of the molecule is OC(Cc1nc(CSc2ccccc2Cl)no1)C1CC1. The first-order chi connectivity index (χ1) is 9.72. The Morgan fingerprint density at radius 3 is 2.95 bits per heavy atom. The summed E-state index contributed by atoms with van der Waals surface area (Å²) in [5.74, 6) is 2.17. The second-order valence-corrected chi connectivity index (χ2v) is 6.36. The van der Waals surface area contributed by atoms with Crippen molar-refractivity contribution in [3.63, 3.8) is 0 Å². The van der Waals surface area contributed by atoms with Crippen molar-refractivity contribution >= 4 is 23.4 Å². The van der Waals surface area contributed by atoms with E-state index in [0.29, 0.717) is 29.8 Å². The van der Waals surface area contributed by atoms with Crippen LogP contribution < -0.4 is 0 Å². The fourth-order valence-corrected chi connectivity index (χ4v) is 3.04. The number of aromatic nitrogens is 2. The average molecular weight is 311 g/mol. The molecule has 4 nitrogen and oxygen atoms in total. The van der Waals surface area contributed by atoms with E-state index in [9.17, 15) is 5.11 Å². The van der Waals surface area contributed by atoms with Gasteiger partial charge in [-0.1, -0.05) is 28.9 Å². The molecule has 1 saturated carbocycles. The maximum atomic E-state index is 9.85. The van der Waals surface area contributed by atoms with Crippen molar-refractivity contribution < 1.29 is 9.63 Å². The van der Waals surface area contributed by atoms with Crippen molar-refractivity contribution in [2.24, 2.45) is 5.92 Å². The van der Waals surface area contributed by atoms with E-state index < -0.39 is 0 Å². The molecule has 1 fully saturated rings. The van der Waals surface area contributed by atoms with Gasteiger partial charge < -0.3 is 9.63 Å². The fraction of sp³-hybridized carbons (Fsp3) is 0.429. The minimum Gasteiger partial charge on any atom is -0.392 e. The smallest absolute Gasteiger partial charge is 0.229 e. The van der Waals surface area contributed by atoms with Crippen molar-refractivity contribution in [1.29, 1.82) is 0 Å². The zero-order valence-electron chi connectivity index (χ0n) is 10.8. The number of aliphatic hydroxyl groups excluding tert-OH is 1. The molecular formula is C14H15ClN2O2S. The first-order valence-corrected chi connectivity index (χ1v) is 7.95. The Kier molecular flexibility index (Phi) is 4.29. The van der Waals surface area contributed by atoms with Gasteiger partial charge in [0, 0.05) is 4.90 Å². The van der Waals surface area contributed by atoms with Gasteiger partial charge in [0.05, 0.1) is 23.3 Å². The van der Waals surface area contributed by atoms with Gasteiger partial charge in [0.2, 0.25) is 5.89 Å². The number of rotatable bonds is 6. The highest BCUT2D eigenvalue weighted by molar-refractivity contribution is 7.98. The van der Waals surface area contributed by atoms with Crippen LogP contribution in [0.5, 0.6) is 0 Å². The van der Waals surface area contributed by atoms with E-state index >= 15 is 0 Å². The predicted molar refractivity (Wildman–Crippen MR) is 77.7 cm³/mol. The largest absolute Gasteiger partial charge is 0.392 e. The summed E-state index contributed by atoms with van der Waals surface area (Å²) in [6, 6.07) is 7.67. The molecule has 0 aliphatic heterocycles. The normalized spacial score (nSPS) is 16.3. The average Bonchev–Trinajstić information content (AvgIpc) is 3.20. The molecule has 20 heavy (non-hydrogen) atoms. The molecule has 1 N–H and O–H groups in total. The third-order valence-electron chi connectivity index (χ3n) is 3.25. The van der Waals surface area contributed by atoms with Crippen molar-refractivity contribution in [2.45, 2.75) is 36.0 Å². The van der Waals surface area contributed by atoms with Crippen LogP contribution in [0.15, 0.2) is 33.7 Å². The quantitative estimate of drug-likeness (QED) is 0.829. The highest BCUT2D eigenvalue weighted by atomic mass is 35.5. The lowest BCUT2D eigenvalue weighted by molar-refractivity contribution is 0.140. The second kappa shape index (κ2) is 6.16. The fourth-order valence-electron chi connectivity index (χ4n) is 1.96. The van der Waals surface area contributed by atoms with Gasteiger partial charge >= 0.3 is 0 Å². The summed E-state index contributed by atoms with van der Waals surface area (Å²) >= 11 is 7.66. The van der Waals surface area contributed by atoms with Crippen LogP contribution in [0.4, 0.5) is 0 Å². The monoisotopic (exact) mass is 310 g/mol. The van der Waals surface area contributed by atoms with E-state index in [1.165, 1.54) is 0 Å². The molecule has 0 amide bonds. The molecule has 0 spiro atoms. The molecule has 6 heteroatoms. The first kappa shape index (κ1) is 13.9. The Morgan fingerprint density at radius 1 is 1.40 bits per heavy atom. The molecule has 1 aliphatic carbocycles. The minimum absolute atomic E-state index is 0.348. The van der Waals surface area contributed by atoms with Gasteiger partial charge in [-0.2, -0.15) is 4.98 Å². The lowest BCUT2D eigenvalue weighted by Crippen LogP contribution is -2.12. The molecule has 2 aromatic rings. The summed E-state index contributed by atoms with van der Waals surface area (Å²) in [5.41, 5.74) is 0. The van der Waals surface area contributed by atoms with E-state index in [4.69, 9.17) is 16.1 Å². The van der Waals surface area contributed by atoms with E-state index in [1.807, 2.05) is 24.3 Å². The maximum Gasteiger partial charge on any atom is 0.229 e. The number of nitrogens with zero attached hydrogens (tertiary/aromatic N) is 2. The molecule has 3 rings (SSSR count). The number of aliphatic hydroxyl groups is 1. The summed E-state index contributed by atoms with van der Waals surface area (Å²) in [5, 5.41) is 14.5. The first-order valence-electron chi connectivity index (χ1n) is 6.59. The summed E-state index contributed by atoms with van der Waals surface area (Å²) in [7, 11) is 0. The molecule has 1 atom stereocenters. The van der Waals surface area contributed by atoms with Crippen LogP contribution in [-0.2, 0) is 12.2 Å². The maximum absolute atomic E-state index is 9.85. The summed E-state index contributed by atoms with van der Waals surface area (Å²) < 4.78 is 5.16. The molecule has 0 bridgehead atoms. The van der Waals surface area contributed by atoms with Gasteiger partial charge in [-0.25, -0.2) is 0 Å². The van der Waals surface area contributed by atoms with Crippen LogP contribution in [0.1, 0.15) is 24.6 Å². The van der Waals surface area contributed by atoms with Crippen LogP contribution in [0.2, 0.25) is 5.02 Å². The highest BCUT2D eigenvalue weighted by Gasteiger charge is 2.31. The third-order valence-corrected chi connectivity index (χ3v) is 4.76. The molecule has 0 saturated heterocycles. The number of hydrogen-bond donors (Lipinski definition) is 1. The van der Waals surface area contributed by atoms with Gasteiger partial charge in [-0.05, 0) is 30.9 Å². The van der Waals surface area contributed by atoms with Crippen molar-refractivity contribution in [3.05, 3.63) is 41.0 Å². The molecule has 1 heterocycles. The van der Waals surface area contributed by atoms with Gasteiger partial charge in [-0.3, -0.25) is 0 Å². The molecule has 1 aromatic heterocycles. The Hall–Kier alpha value is -1.04. The summed E-state index contributed by atoms with van der Waals surface area (Å²) in [4.78, 5) is 5.30. The lowest BCUT2D eigenvalue weighted by atomic mass is 10.2. The van der Waals surface area contributed by atoms with Gasteiger partial charge in [0.25, 0.3) is 0 Å². The topological polar surface area (TPSA) is 59.2 Å². The Bertz CT molecular complexity index is 586. The van der Waals surface area contributed by atoms with Crippen molar-refractivity contribution in [3.8, 4) is 0 Å². The zero-order valence-corrected chi connectivity index (χ0v) is 12.4. The van der Waals surface area contributed by atoms with Crippen molar-refractivity contribution in [1.82, 2.24) is 10.1 Å². The predicted octanol–water partition coefficient (Wildman–Crippen LogP) is 3.33. The lowest BCUT2D eigenvalue weighted by Gasteiger charge is -2.03. The van der Waals surface area contributed by atoms with Crippen LogP contribution in [0.25, 0.3) is 0 Å². The van der Waals surface area contributed by atoms with Gasteiger partial charge in [0.1, 0.15) is 0 Å². The Morgan fingerprint density at radius 2 is 2.20 bits per heavy atom. The number of hydrogen-bond acceptors (Lipinski definition) is 5. The van der Waals surface area contributed by atoms with E-state index in [0.717, 1.165) is 22.8 Å². The van der Waals surface area contributed by atoms with Crippen LogP contribution in [-0.4, -0.2) is 21.4 Å². The molecule has 1 aromatic carbocycles. The minimum atomic E-state index is -0.348. The van der Waals surface area contributed by atoms with Crippen LogP contribution in [0.3, 0.4) is 0 Å². The van der Waals surface area contributed by atoms with Gasteiger partial charge in [0.15, 0.2) is 5.82 Å². The van der Waals surface area contributed by atoms with E-state index in [2.05, 4.69) is 10.1 Å². The number of benzene rings is 1. The Balaban J connectivity index is 1.55. The number of thioether (sulfide) groups is 1. The summed E-state index contributed by atoms with van der Waals surface area (Å²) in [6.45, 7) is 0. The van der Waals surface area contributed by atoms with E-state index in [1.54, 1.807) is 11.8 Å². The standard InChI is InChI=1S/C14H15ClN2O2S/c15-10-3-1-2-4-12(10)20-8-13-16-14(19-17-13)7-11(18)9-5-6-9/h1-4,9,11,18H,5-8H2. The van der Waals surface area contributed by atoms with Gasteiger partial charge in [-0.15, -0.1) is 11.8 Å². The van der Waals surface area contributed by atoms with Crippen LogP contribution >= 0.6 is 23.4 Å². The highest BCUT2D eigenvalue weighted by Crippen LogP contribution is 2.34. The molecule has 1 unspecified atom stereocenters. The number of halogens is 1. The zero-order chi connectivity index (χ0) is 13.9. The molecule has 0 radical (unpaired) electrons. The van der Waals surface area contributed by atoms with E-state index in [-0.39, 0.29) is 6.10 Å². The third kappa shape index (κ3) is 3.53. The second-order valence-electron chi connectivity index (χ2n) is 4.93. The molecular weight excluding hydrogens is 296 g/mol.